The first kappa shape index (κ1) is 21.5. The van der Waals surface area contributed by atoms with Crippen LogP contribution in [0, 0.1) is 10.1 Å². The van der Waals surface area contributed by atoms with Gasteiger partial charge in [-0.15, -0.1) is 0 Å². The van der Waals surface area contributed by atoms with Crippen molar-refractivity contribution in [3.63, 3.8) is 0 Å². The number of aliphatic hydroxyl groups excluding tert-OH is 2. The molecular weight excluding hydrogens is 306 g/mol. The third kappa shape index (κ3) is 8.63. The van der Waals surface area contributed by atoms with E-state index in [4.69, 9.17) is 14.6 Å². The summed E-state index contributed by atoms with van der Waals surface area (Å²) in [5, 5.41) is 29.6. The van der Waals surface area contributed by atoms with E-state index in [0.29, 0.717) is 12.8 Å². The van der Waals surface area contributed by atoms with Gasteiger partial charge in [-0.05, 0) is 25.8 Å². The van der Waals surface area contributed by atoms with E-state index in [-0.39, 0.29) is 24.7 Å². The minimum atomic E-state index is -1.23. The summed E-state index contributed by atoms with van der Waals surface area (Å²) >= 11 is 0. The average Bonchev–Trinajstić information content (AvgIpc) is 2.53. The number of carbonyl (C=O) groups excluding carboxylic acids is 1. The Morgan fingerprint density at radius 2 is 1.91 bits per heavy atom. The molecule has 2 unspecified atom stereocenters. The second-order valence-electron chi connectivity index (χ2n) is 5.01. The molecule has 0 aromatic heterocycles. The van der Waals surface area contributed by atoms with Gasteiger partial charge in [-0.25, -0.2) is 4.79 Å². The lowest BCUT2D eigenvalue weighted by Gasteiger charge is -2.25. The van der Waals surface area contributed by atoms with Gasteiger partial charge in [0, 0.05) is 16.9 Å². The van der Waals surface area contributed by atoms with Crippen LogP contribution >= 0.6 is 0 Å². The molecular formula is C15H27NO7. The molecule has 0 aliphatic heterocycles. The average molecular weight is 333 g/mol. The van der Waals surface area contributed by atoms with Gasteiger partial charge in [-0.2, -0.15) is 0 Å². The highest BCUT2D eigenvalue weighted by atomic mass is 16.6. The molecule has 0 spiro atoms. The van der Waals surface area contributed by atoms with E-state index in [2.05, 4.69) is 0 Å². The molecule has 23 heavy (non-hydrogen) atoms. The molecule has 0 aliphatic rings. The number of hydrogen-bond acceptors (Lipinski definition) is 7. The molecule has 0 amide bonds. The minimum Gasteiger partial charge on any atom is -0.463 e. The van der Waals surface area contributed by atoms with Gasteiger partial charge in [0.1, 0.15) is 12.2 Å². The van der Waals surface area contributed by atoms with Gasteiger partial charge in [0.25, 0.3) is 0 Å². The summed E-state index contributed by atoms with van der Waals surface area (Å²) in [4.78, 5) is 21.9. The Labute approximate surface area is 136 Å². The van der Waals surface area contributed by atoms with Crippen molar-refractivity contribution in [3.8, 4) is 0 Å². The predicted octanol–water partition coefficient (Wildman–Crippen LogP) is 1.07. The molecule has 0 rings (SSSR count). The highest BCUT2D eigenvalue weighted by Crippen LogP contribution is 2.15. The topological polar surface area (TPSA) is 119 Å². The Morgan fingerprint density at radius 3 is 2.35 bits per heavy atom. The Kier molecular flexibility index (Phi) is 11.2. The SMILES string of the molecule is CCOC(=O)C(=CC(OC(CC)CC)C(O)CO)CC[N+](=O)[O-]. The van der Waals surface area contributed by atoms with Crippen molar-refractivity contribution in [1.82, 2.24) is 0 Å². The zero-order valence-corrected chi connectivity index (χ0v) is 13.9. The molecule has 8 nitrogen and oxygen atoms in total. The first-order valence-electron chi connectivity index (χ1n) is 7.83. The highest BCUT2D eigenvalue weighted by Gasteiger charge is 2.24. The first-order valence-corrected chi connectivity index (χ1v) is 7.83. The van der Waals surface area contributed by atoms with E-state index in [0.717, 1.165) is 0 Å². The quantitative estimate of drug-likeness (QED) is 0.237. The Bertz CT molecular complexity index is 393. The molecule has 2 N–H and O–H groups in total. The zero-order valence-electron chi connectivity index (χ0n) is 13.9. The lowest BCUT2D eigenvalue weighted by atomic mass is 10.1. The second kappa shape index (κ2) is 12.0. The fourth-order valence-electron chi connectivity index (χ4n) is 1.94. The molecule has 0 fully saturated rings. The number of aliphatic hydroxyl groups is 2. The molecule has 0 aliphatic carbocycles. The summed E-state index contributed by atoms with van der Waals surface area (Å²) in [6, 6.07) is 0. The number of nitro groups is 1. The van der Waals surface area contributed by atoms with Gasteiger partial charge < -0.3 is 19.7 Å². The molecule has 134 valence electrons. The van der Waals surface area contributed by atoms with Gasteiger partial charge in [0.2, 0.25) is 6.54 Å². The molecule has 0 radical (unpaired) electrons. The van der Waals surface area contributed by atoms with Crippen LogP contribution in [0.2, 0.25) is 0 Å². The summed E-state index contributed by atoms with van der Waals surface area (Å²) in [6.45, 7) is 4.61. The van der Waals surface area contributed by atoms with Crippen LogP contribution in [0.15, 0.2) is 11.6 Å². The first-order chi connectivity index (χ1) is 10.9. The maximum absolute atomic E-state index is 11.9. The summed E-state index contributed by atoms with van der Waals surface area (Å²) in [6.07, 6.45) is 0.265. The standard InChI is InChI=1S/C15H27NO7/c1-4-12(5-2)23-14(13(18)10-17)9-11(7-8-16(20)21)15(19)22-6-3/h9,12-14,17-18H,4-8,10H2,1-3H3. The number of carbonyl (C=O) groups is 1. The molecule has 0 bridgehead atoms. The van der Waals surface area contributed by atoms with Crippen molar-refractivity contribution < 1.29 is 29.4 Å². The summed E-state index contributed by atoms with van der Waals surface area (Å²) < 4.78 is 10.6. The van der Waals surface area contributed by atoms with E-state index >= 15 is 0 Å². The smallest absolute Gasteiger partial charge is 0.334 e. The molecule has 0 aromatic rings. The molecule has 0 aromatic carbocycles. The lowest BCUT2D eigenvalue weighted by Crippen LogP contribution is -2.34. The Hall–Kier alpha value is -1.51. The normalized spacial score (nSPS) is 14.6. The summed E-state index contributed by atoms with van der Waals surface area (Å²) in [5.41, 5.74) is 0.0620. The molecule has 8 heteroatoms. The number of esters is 1. The molecule has 0 saturated carbocycles. The Balaban J connectivity index is 5.32. The van der Waals surface area contributed by atoms with Crippen LogP contribution in [-0.4, -0.2) is 59.2 Å². The van der Waals surface area contributed by atoms with E-state index in [1.165, 1.54) is 6.08 Å². The second-order valence-corrected chi connectivity index (χ2v) is 5.01. The number of hydrogen-bond donors (Lipinski definition) is 2. The third-order valence-corrected chi connectivity index (χ3v) is 3.29. The lowest BCUT2D eigenvalue weighted by molar-refractivity contribution is -0.479. The monoisotopic (exact) mass is 333 g/mol. The van der Waals surface area contributed by atoms with E-state index in [1.807, 2.05) is 13.8 Å². The van der Waals surface area contributed by atoms with Crippen molar-refractivity contribution in [2.45, 2.75) is 58.3 Å². The van der Waals surface area contributed by atoms with Gasteiger partial charge in [-0.3, -0.25) is 10.1 Å². The number of nitrogens with zero attached hydrogens (tertiary/aromatic N) is 1. The predicted molar refractivity (Wildman–Crippen MR) is 83.5 cm³/mol. The Morgan fingerprint density at radius 1 is 1.30 bits per heavy atom. The highest BCUT2D eigenvalue weighted by molar-refractivity contribution is 5.88. The van der Waals surface area contributed by atoms with Gasteiger partial charge >= 0.3 is 5.97 Å². The maximum Gasteiger partial charge on any atom is 0.334 e. The van der Waals surface area contributed by atoms with E-state index < -0.39 is 36.3 Å². The van der Waals surface area contributed by atoms with E-state index in [9.17, 15) is 20.0 Å². The van der Waals surface area contributed by atoms with Crippen LogP contribution in [0.25, 0.3) is 0 Å². The van der Waals surface area contributed by atoms with Crippen LogP contribution in [0.4, 0.5) is 0 Å². The van der Waals surface area contributed by atoms with Gasteiger partial charge in [0.05, 0.1) is 19.3 Å². The van der Waals surface area contributed by atoms with Crippen LogP contribution in [0.3, 0.4) is 0 Å². The maximum atomic E-state index is 11.9. The van der Waals surface area contributed by atoms with Crippen molar-refractivity contribution in [2.75, 3.05) is 19.8 Å². The third-order valence-electron chi connectivity index (χ3n) is 3.29. The fraction of sp³-hybridized carbons (Fsp3) is 0.800. The van der Waals surface area contributed by atoms with Crippen LogP contribution in [0.5, 0.6) is 0 Å². The largest absolute Gasteiger partial charge is 0.463 e. The summed E-state index contributed by atoms with van der Waals surface area (Å²) in [5.74, 6) is -0.683. The van der Waals surface area contributed by atoms with E-state index in [1.54, 1.807) is 6.92 Å². The number of ether oxygens (including phenoxy) is 2. The van der Waals surface area contributed by atoms with Gasteiger partial charge in [-0.1, -0.05) is 13.8 Å². The van der Waals surface area contributed by atoms with Crippen molar-refractivity contribution in [1.29, 1.82) is 0 Å². The molecule has 2 atom stereocenters. The van der Waals surface area contributed by atoms with Crippen LogP contribution < -0.4 is 0 Å². The van der Waals surface area contributed by atoms with Gasteiger partial charge in [0.15, 0.2) is 0 Å². The van der Waals surface area contributed by atoms with Crippen molar-refractivity contribution in [3.05, 3.63) is 21.8 Å². The van der Waals surface area contributed by atoms with Crippen molar-refractivity contribution in [2.24, 2.45) is 0 Å². The molecule has 0 heterocycles. The zero-order chi connectivity index (χ0) is 17.8. The van der Waals surface area contributed by atoms with Crippen molar-refractivity contribution >= 4 is 5.97 Å². The van der Waals surface area contributed by atoms with Crippen LogP contribution in [-0.2, 0) is 14.3 Å². The number of rotatable bonds is 12. The fourth-order valence-corrected chi connectivity index (χ4v) is 1.94. The summed E-state index contributed by atoms with van der Waals surface area (Å²) in [7, 11) is 0. The molecule has 0 saturated heterocycles. The van der Waals surface area contributed by atoms with Crippen LogP contribution in [0.1, 0.15) is 40.0 Å². The minimum absolute atomic E-state index is 0.0620.